The largest absolute Gasteiger partial charge is 0.480 e. The third-order valence-corrected chi connectivity index (χ3v) is 6.59. The zero-order chi connectivity index (χ0) is 27.7. The molecule has 3 rings (SSSR count). The number of aliphatic carboxylic acids is 1. The number of fused-ring (bicyclic) bond motifs is 1. The molecular weight excluding hydrogens is 486 g/mol. The average molecular weight is 522 g/mol. The molecule has 0 saturated carbocycles. The monoisotopic (exact) mass is 521 g/mol. The normalized spacial score (nSPS) is 14.2. The molecule has 7 N–H and O–H groups in total. The molecule has 0 fully saturated rings. The Balaban J connectivity index is 1.70. The van der Waals surface area contributed by atoms with Crippen LogP contribution in [0.1, 0.15) is 31.4 Å². The van der Waals surface area contributed by atoms with Gasteiger partial charge in [-0.25, -0.2) is 4.79 Å². The van der Waals surface area contributed by atoms with Crippen molar-refractivity contribution in [1.82, 2.24) is 20.9 Å². The minimum Gasteiger partial charge on any atom is -0.480 e. The molecule has 38 heavy (non-hydrogen) atoms. The van der Waals surface area contributed by atoms with Crippen LogP contribution in [0.4, 0.5) is 0 Å². The zero-order valence-electron chi connectivity index (χ0n) is 21.6. The third kappa shape index (κ3) is 7.66. The van der Waals surface area contributed by atoms with E-state index in [0.717, 1.165) is 22.0 Å². The van der Waals surface area contributed by atoms with Gasteiger partial charge in [0.1, 0.15) is 12.1 Å². The van der Waals surface area contributed by atoms with Crippen LogP contribution in [0.25, 0.3) is 10.9 Å². The Kier molecular flexibility index (Phi) is 10.0. The highest BCUT2D eigenvalue weighted by Crippen LogP contribution is 2.19. The van der Waals surface area contributed by atoms with Gasteiger partial charge in [-0.15, -0.1) is 0 Å². The summed E-state index contributed by atoms with van der Waals surface area (Å²) in [6.45, 7) is 3.12. The second-order valence-electron chi connectivity index (χ2n) is 9.41. The molecule has 4 atom stereocenters. The summed E-state index contributed by atoms with van der Waals surface area (Å²) in [7, 11) is 0. The summed E-state index contributed by atoms with van der Waals surface area (Å²) in [5.41, 5.74) is 8.72. The number of aromatic nitrogens is 1. The first kappa shape index (κ1) is 28.4. The number of hydrogen-bond donors (Lipinski definition) is 6. The SMILES string of the molecule is CCC(C)C(NC(=O)CNC(=O)C(Cc1c[nH]c2ccccc12)NC(=O)C(N)Cc1ccccc1)C(=O)O. The molecule has 2 aromatic carbocycles. The third-order valence-electron chi connectivity index (χ3n) is 6.59. The van der Waals surface area contributed by atoms with E-state index in [9.17, 15) is 24.3 Å². The molecule has 10 nitrogen and oxygen atoms in total. The van der Waals surface area contributed by atoms with Gasteiger partial charge < -0.3 is 31.8 Å². The number of carbonyl (C=O) groups is 4. The van der Waals surface area contributed by atoms with Gasteiger partial charge in [0, 0.05) is 23.5 Å². The first-order chi connectivity index (χ1) is 18.2. The molecular formula is C28H35N5O5. The molecule has 0 aliphatic heterocycles. The Bertz CT molecular complexity index is 1260. The van der Waals surface area contributed by atoms with Crippen LogP contribution >= 0.6 is 0 Å². The van der Waals surface area contributed by atoms with Crippen molar-refractivity contribution in [3.05, 3.63) is 71.9 Å². The van der Waals surface area contributed by atoms with Crippen molar-refractivity contribution in [2.24, 2.45) is 11.7 Å². The van der Waals surface area contributed by atoms with Gasteiger partial charge in [0.25, 0.3) is 0 Å². The number of hydrogen-bond acceptors (Lipinski definition) is 5. The minimum absolute atomic E-state index is 0.159. The first-order valence-corrected chi connectivity index (χ1v) is 12.6. The van der Waals surface area contributed by atoms with E-state index in [4.69, 9.17) is 5.73 Å². The molecule has 202 valence electrons. The fraction of sp³-hybridized carbons (Fsp3) is 0.357. The Hall–Kier alpha value is -4.18. The summed E-state index contributed by atoms with van der Waals surface area (Å²) < 4.78 is 0. The molecule has 10 heteroatoms. The number of para-hydroxylation sites is 1. The van der Waals surface area contributed by atoms with Gasteiger partial charge in [0.15, 0.2) is 0 Å². The molecule has 0 spiro atoms. The summed E-state index contributed by atoms with van der Waals surface area (Å²) >= 11 is 0. The van der Waals surface area contributed by atoms with Crippen LogP contribution in [0.2, 0.25) is 0 Å². The predicted molar refractivity (Wildman–Crippen MR) is 144 cm³/mol. The average Bonchev–Trinajstić information content (AvgIpc) is 3.32. The summed E-state index contributed by atoms with van der Waals surface area (Å²) in [6, 6.07) is 13.9. The number of carboxylic acid groups (broad SMARTS) is 1. The standard InChI is InChI=1S/C28H35N5O5/c1-3-17(2)25(28(37)38)33-24(34)16-31-27(36)23(14-19-15-30-22-12-8-7-11-20(19)22)32-26(35)21(29)13-18-9-5-4-6-10-18/h4-12,15,17,21,23,25,30H,3,13-14,16,29H2,1-2H3,(H,31,36)(H,32,35)(H,33,34)(H,37,38). The van der Waals surface area contributed by atoms with Crippen molar-refractivity contribution in [3.63, 3.8) is 0 Å². The van der Waals surface area contributed by atoms with Gasteiger partial charge in [-0.2, -0.15) is 0 Å². The van der Waals surface area contributed by atoms with Crippen LogP contribution in [-0.4, -0.2) is 58.5 Å². The topological polar surface area (TPSA) is 166 Å². The minimum atomic E-state index is -1.14. The number of benzene rings is 2. The van der Waals surface area contributed by atoms with E-state index < -0.39 is 48.4 Å². The number of H-pyrrole nitrogens is 1. The van der Waals surface area contributed by atoms with Crippen LogP contribution < -0.4 is 21.7 Å². The van der Waals surface area contributed by atoms with E-state index in [2.05, 4.69) is 20.9 Å². The highest BCUT2D eigenvalue weighted by Gasteiger charge is 2.28. The van der Waals surface area contributed by atoms with Gasteiger partial charge in [-0.05, 0) is 29.5 Å². The molecule has 1 aromatic heterocycles. The fourth-order valence-corrected chi connectivity index (χ4v) is 4.17. The number of rotatable bonds is 13. The summed E-state index contributed by atoms with van der Waals surface area (Å²) in [6.07, 6.45) is 2.79. The molecule has 0 aliphatic rings. The van der Waals surface area contributed by atoms with Crippen molar-refractivity contribution in [3.8, 4) is 0 Å². The van der Waals surface area contributed by atoms with Crippen molar-refractivity contribution in [1.29, 1.82) is 0 Å². The number of nitrogens with one attached hydrogen (secondary N) is 4. The maximum absolute atomic E-state index is 13.2. The Labute approximate surface area is 221 Å². The van der Waals surface area contributed by atoms with Crippen LogP contribution in [0, 0.1) is 5.92 Å². The van der Waals surface area contributed by atoms with E-state index >= 15 is 0 Å². The quantitative estimate of drug-likeness (QED) is 0.199. The number of carboxylic acids is 1. The number of carbonyl (C=O) groups excluding carboxylic acids is 3. The molecule has 0 bridgehead atoms. The van der Waals surface area contributed by atoms with Crippen LogP contribution in [-0.2, 0) is 32.0 Å². The number of aromatic amines is 1. The van der Waals surface area contributed by atoms with Gasteiger partial charge in [0.05, 0.1) is 12.6 Å². The highest BCUT2D eigenvalue weighted by molar-refractivity contribution is 5.93. The lowest BCUT2D eigenvalue weighted by Crippen LogP contribution is -2.55. The van der Waals surface area contributed by atoms with Gasteiger partial charge in [0.2, 0.25) is 17.7 Å². The molecule has 4 unspecified atom stereocenters. The first-order valence-electron chi connectivity index (χ1n) is 12.6. The smallest absolute Gasteiger partial charge is 0.326 e. The Morgan fingerprint density at radius 3 is 2.32 bits per heavy atom. The molecule has 0 saturated heterocycles. The van der Waals surface area contributed by atoms with Crippen molar-refractivity contribution in [2.75, 3.05) is 6.54 Å². The predicted octanol–water partition coefficient (Wildman–Crippen LogP) is 1.50. The maximum Gasteiger partial charge on any atom is 0.326 e. The van der Waals surface area contributed by atoms with E-state index in [-0.39, 0.29) is 12.3 Å². The second-order valence-corrected chi connectivity index (χ2v) is 9.41. The van der Waals surface area contributed by atoms with Crippen molar-refractivity contribution in [2.45, 2.75) is 51.2 Å². The highest BCUT2D eigenvalue weighted by atomic mass is 16.4. The van der Waals surface area contributed by atoms with E-state index in [1.165, 1.54) is 0 Å². The maximum atomic E-state index is 13.2. The lowest BCUT2D eigenvalue weighted by molar-refractivity contribution is -0.143. The molecule has 1 heterocycles. The van der Waals surface area contributed by atoms with Gasteiger partial charge in [-0.1, -0.05) is 68.8 Å². The van der Waals surface area contributed by atoms with Crippen molar-refractivity contribution >= 4 is 34.6 Å². The van der Waals surface area contributed by atoms with E-state index in [1.807, 2.05) is 61.5 Å². The fourth-order valence-electron chi connectivity index (χ4n) is 4.17. The molecule has 3 aromatic rings. The molecule has 0 aliphatic carbocycles. The van der Waals surface area contributed by atoms with E-state index in [0.29, 0.717) is 12.8 Å². The Morgan fingerprint density at radius 2 is 1.63 bits per heavy atom. The molecule has 3 amide bonds. The van der Waals surface area contributed by atoms with E-state index in [1.54, 1.807) is 13.1 Å². The van der Waals surface area contributed by atoms with Gasteiger partial charge in [-0.3, -0.25) is 14.4 Å². The lowest BCUT2D eigenvalue weighted by Gasteiger charge is -2.22. The molecule has 0 radical (unpaired) electrons. The zero-order valence-corrected chi connectivity index (χ0v) is 21.6. The van der Waals surface area contributed by atoms with Crippen LogP contribution in [0.5, 0.6) is 0 Å². The summed E-state index contributed by atoms with van der Waals surface area (Å²) in [5, 5.41) is 18.0. The number of nitrogens with two attached hydrogens (primary N) is 1. The van der Waals surface area contributed by atoms with Crippen molar-refractivity contribution < 1.29 is 24.3 Å². The summed E-state index contributed by atoms with van der Waals surface area (Å²) in [5.74, 6) is -3.14. The Morgan fingerprint density at radius 1 is 0.947 bits per heavy atom. The van der Waals surface area contributed by atoms with Crippen LogP contribution in [0.3, 0.4) is 0 Å². The lowest BCUT2D eigenvalue weighted by atomic mass is 9.99. The second kappa shape index (κ2) is 13.4. The van der Waals surface area contributed by atoms with Crippen LogP contribution in [0.15, 0.2) is 60.8 Å². The summed E-state index contributed by atoms with van der Waals surface area (Å²) in [4.78, 5) is 53.2. The number of amides is 3. The van der Waals surface area contributed by atoms with Gasteiger partial charge >= 0.3 is 5.97 Å².